The highest BCUT2D eigenvalue weighted by Gasteiger charge is 2.18. The summed E-state index contributed by atoms with van der Waals surface area (Å²) in [5.41, 5.74) is 3.24. The predicted octanol–water partition coefficient (Wildman–Crippen LogP) is 8.25. The molecule has 1 aliphatic rings. The zero-order valence-corrected chi connectivity index (χ0v) is 35.5. The van der Waals surface area contributed by atoms with Crippen molar-refractivity contribution in [2.24, 2.45) is 0 Å². The van der Waals surface area contributed by atoms with Crippen molar-refractivity contribution in [2.75, 3.05) is 74.5 Å². The van der Waals surface area contributed by atoms with Crippen molar-refractivity contribution >= 4 is 68.3 Å². The first-order valence-corrected chi connectivity index (χ1v) is 20.4. The average molecular weight is 915 g/mol. The summed E-state index contributed by atoms with van der Waals surface area (Å²) in [5.74, 6) is 2.95. The summed E-state index contributed by atoms with van der Waals surface area (Å²) in [4.78, 5) is 38.0. The third-order valence-electron chi connectivity index (χ3n) is 9.36. The smallest absolute Gasteiger partial charge is 0.324 e. The van der Waals surface area contributed by atoms with E-state index < -0.39 is 6.03 Å². The van der Waals surface area contributed by atoms with Crippen molar-refractivity contribution < 1.29 is 29.9 Å². The van der Waals surface area contributed by atoms with Crippen LogP contribution in [-0.4, -0.2) is 95.1 Å². The van der Waals surface area contributed by atoms with Gasteiger partial charge in [0, 0.05) is 67.8 Å². The predicted molar refractivity (Wildman–Crippen MR) is 239 cm³/mol. The van der Waals surface area contributed by atoms with Gasteiger partial charge in [0.05, 0.1) is 44.5 Å². The molecule has 0 bridgehead atoms. The molecule has 7 rings (SSSR count). The number of morpholine rings is 1. The Labute approximate surface area is 358 Å². The van der Waals surface area contributed by atoms with Crippen LogP contribution in [0.25, 0.3) is 16.5 Å². The minimum absolute atomic E-state index is 0.148. The lowest BCUT2D eigenvalue weighted by Crippen LogP contribution is -2.41. The van der Waals surface area contributed by atoms with Gasteiger partial charge in [-0.15, -0.1) is 0 Å². The summed E-state index contributed by atoms with van der Waals surface area (Å²) in [6.45, 7) is 8.47. The third-order valence-corrected chi connectivity index (χ3v) is 9.36. The molecule has 0 saturated carbocycles. The SMILES string of the molecule is COc1ccc(-n2nc(C(C)C)cc2NC(=O)Nc2ccc(Oc3cc(Nc4cc(OC)cc(C(=O)NCCN5CCOCC5)c4)ncn3)c3ccccc23)cc1.[2H]CI. The van der Waals surface area contributed by atoms with E-state index >= 15 is 0 Å². The second-order valence-corrected chi connectivity index (χ2v) is 13.6. The number of aromatic nitrogens is 4. The number of halogens is 1. The number of hydrogen-bond acceptors (Lipinski definition) is 11. The molecule has 16 heteroatoms. The monoisotopic (exact) mass is 914 g/mol. The fourth-order valence-electron chi connectivity index (χ4n) is 6.33. The van der Waals surface area contributed by atoms with Crippen LogP contribution in [0.5, 0.6) is 23.1 Å². The van der Waals surface area contributed by atoms with Gasteiger partial charge in [0.15, 0.2) is 0 Å². The lowest BCUT2D eigenvalue weighted by molar-refractivity contribution is 0.0383. The zero-order chi connectivity index (χ0) is 42.4. The molecule has 4 aromatic carbocycles. The van der Waals surface area contributed by atoms with E-state index in [0.717, 1.165) is 47.5 Å². The van der Waals surface area contributed by atoms with Crippen molar-refractivity contribution in [3.63, 3.8) is 0 Å². The average Bonchev–Trinajstić information content (AvgIpc) is 3.69. The van der Waals surface area contributed by atoms with Crippen molar-refractivity contribution in [2.45, 2.75) is 19.8 Å². The topological polar surface area (TPSA) is 166 Å². The second-order valence-electron chi connectivity index (χ2n) is 13.6. The number of fused-ring (bicyclic) bond motifs is 1. The molecule has 1 aliphatic heterocycles. The van der Waals surface area contributed by atoms with Crippen molar-refractivity contribution in [1.82, 2.24) is 30.0 Å². The normalized spacial score (nSPS) is 12.8. The van der Waals surface area contributed by atoms with Gasteiger partial charge in [0.1, 0.15) is 35.2 Å². The molecule has 1 saturated heterocycles. The van der Waals surface area contributed by atoms with Gasteiger partial charge >= 0.3 is 6.03 Å². The molecule has 0 unspecified atom stereocenters. The molecule has 4 N–H and O–H groups in total. The molecular weight excluding hydrogens is 865 g/mol. The van der Waals surface area contributed by atoms with E-state index in [-0.39, 0.29) is 17.7 Å². The molecule has 2 aromatic heterocycles. The summed E-state index contributed by atoms with van der Waals surface area (Å²) in [6, 6.07) is 26.9. The van der Waals surface area contributed by atoms with Crippen LogP contribution in [0.15, 0.2) is 97.3 Å². The summed E-state index contributed by atoms with van der Waals surface area (Å²) < 4.78 is 30.4. The van der Waals surface area contributed by atoms with E-state index in [1.54, 1.807) is 55.3 Å². The van der Waals surface area contributed by atoms with E-state index in [2.05, 4.69) is 36.1 Å². The van der Waals surface area contributed by atoms with Gasteiger partial charge in [0.2, 0.25) is 5.88 Å². The lowest BCUT2D eigenvalue weighted by atomic mass is 10.1. The van der Waals surface area contributed by atoms with Gasteiger partial charge in [-0.25, -0.2) is 19.4 Å². The molecule has 3 heterocycles. The second kappa shape index (κ2) is 20.6. The number of alkyl halides is 1. The van der Waals surface area contributed by atoms with E-state index in [0.29, 0.717) is 64.7 Å². The van der Waals surface area contributed by atoms with Crippen LogP contribution in [0.4, 0.5) is 27.8 Å². The van der Waals surface area contributed by atoms with Gasteiger partial charge < -0.3 is 34.9 Å². The van der Waals surface area contributed by atoms with Crippen molar-refractivity contribution in [1.29, 1.82) is 0 Å². The number of carbonyl (C=O) groups excluding carboxylic acids is 2. The Morgan fingerprint density at radius 2 is 1.64 bits per heavy atom. The lowest BCUT2D eigenvalue weighted by Gasteiger charge is -2.26. The standard InChI is InChI=1S/C42H45N9O6.CH3I/c1-27(2)36-24-39(51(49-36)30-9-11-31(54-3)12-10-30)48-42(53)47-35-13-14-37(34-8-6-5-7-33(34)35)57-40-25-38(44-26-45-40)46-29-21-28(22-32(23-29)55-4)41(52)43-15-16-50-17-19-56-20-18-50;1-2/h5-14,21-27H,15-20H2,1-4H3,(H,43,52)(H,44,45,46)(H2,47,48,53);1H3/i;1D. The summed E-state index contributed by atoms with van der Waals surface area (Å²) in [5, 5.41) is 18.5. The van der Waals surface area contributed by atoms with Crippen molar-refractivity contribution in [3.05, 3.63) is 109 Å². The van der Waals surface area contributed by atoms with Gasteiger partial charge in [-0.05, 0) is 59.4 Å². The Hall–Kier alpha value is -5.98. The number of ether oxygens (including phenoxy) is 4. The molecule has 308 valence electrons. The van der Waals surface area contributed by atoms with E-state index in [1.165, 1.54) is 6.33 Å². The number of carbonyl (C=O) groups is 2. The zero-order valence-electron chi connectivity index (χ0n) is 34.3. The molecular formula is C43H48IN9O6. The first-order valence-electron chi connectivity index (χ1n) is 19.6. The van der Waals surface area contributed by atoms with Crippen LogP contribution in [0.2, 0.25) is 0 Å². The quantitative estimate of drug-likeness (QED) is 0.0614. The Balaban J connectivity index is 0.00000195. The van der Waals surface area contributed by atoms with Gasteiger partial charge in [-0.1, -0.05) is 60.7 Å². The number of amides is 3. The number of nitrogens with zero attached hydrogens (tertiary/aromatic N) is 5. The Bertz CT molecular complexity index is 2370. The molecule has 6 aromatic rings. The van der Waals surface area contributed by atoms with Crippen LogP contribution in [0, 0.1) is 0 Å². The summed E-state index contributed by atoms with van der Waals surface area (Å²) in [7, 11) is 3.16. The number of urea groups is 1. The molecule has 0 atom stereocenters. The van der Waals surface area contributed by atoms with Crippen LogP contribution in [0.1, 0.15) is 37.2 Å². The molecule has 0 aliphatic carbocycles. The highest BCUT2D eigenvalue weighted by molar-refractivity contribution is 14.1. The maximum absolute atomic E-state index is 13.5. The van der Waals surface area contributed by atoms with Gasteiger partial charge in [-0.2, -0.15) is 5.10 Å². The number of hydrogen-bond donors (Lipinski definition) is 4. The van der Waals surface area contributed by atoms with Crippen LogP contribution in [-0.2, 0) is 4.74 Å². The molecule has 3 amide bonds. The number of benzene rings is 4. The van der Waals surface area contributed by atoms with Gasteiger partial charge in [0.25, 0.3) is 5.91 Å². The van der Waals surface area contributed by atoms with E-state index in [1.807, 2.05) is 91.0 Å². The minimum atomic E-state index is -0.434. The van der Waals surface area contributed by atoms with Crippen LogP contribution >= 0.6 is 22.6 Å². The minimum Gasteiger partial charge on any atom is -0.497 e. The fraction of sp³-hybridized carbons (Fsp3) is 0.279. The largest absolute Gasteiger partial charge is 0.497 e. The highest BCUT2D eigenvalue weighted by Crippen LogP contribution is 2.35. The number of nitrogens with one attached hydrogen (secondary N) is 4. The summed E-state index contributed by atoms with van der Waals surface area (Å²) >= 11 is 1.96. The van der Waals surface area contributed by atoms with E-state index in [9.17, 15) is 9.59 Å². The Morgan fingerprint density at radius 1 is 0.898 bits per heavy atom. The Kier molecular flexibility index (Phi) is 14.4. The number of anilines is 4. The van der Waals surface area contributed by atoms with Crippen LogP contribution in [0.3, 0.4) is 0 Å². The first-order chi connectivity index (χ1) is 29.2. The van der Waals surface area contributed by atoms with E-state index in [4.69, 9.17) is 25.4 Å². The molecule has 59 heavy (non-hydrogen) atoms. The fourth-order valence-corrected chi connectivity index (χ4v) is 6.33. The molecule has 1 fully saturated rings. The third kappa shape index (κ3) is 11.2. The highest BCUT2D eigenvalue weighted by atomic mass is 127. The van der Waals surface area contributed by atoms with Crippen LogP contribution < -0.4 is 35.5 Å². The first kappa shape index (κ1) is 41.2. The number of methoxy groups -OCH3 is 2. The Morgan fingerprint density at radius 3 is 2.37 bits per heavy atom. The van der Waals surface area contributed by atoms with Gasteiger partial charge in [-0.3, -0.25) is 15.0 Å². The van der Waals surface area contributed by atoms with Crippen molar-refractivity contribution in [3.8, 4) is 28.8 Å². The molecule has 15 nitrogen and oxygen atoms in total. The maximum atomic E-state index is 13.5. The maximum Gasteiger partial charge on any atom is 0.324 e. The number of rotatable bonds is 14. The molecule has 0 spiro atoms. The summed E-state index contributed by atoms with van der Waals surface area (Å²) in [6.07, 6.45) is 1.39. The molecule has 0 radical (unpaired) electrons.